The van der Waals surface area contributed by atoms with E-state index >= 15 is 0 Å². The Labute approximate surface area is 170 Å². The van der Waals surface area contributed by atoms with Gasteiger partial charge in [0, 0.05) is 57.4 Å². The van der Waals surface area contributed by atoms with Gasteiger partial charge in [-0.25, -0.2) is 0 Å². The average molecular weight is 393 g/mol. The largest absolute Gasteiger partial charge is 0.342 e. The van der Waals surface area contributed by atoms with Gasteiger partial charge in [0.15, 0.2) is 0 Å². The van der Waals surface area contributed by atoms with Gasteiger partial charge in [-0.3, -0.25) is 19.6 Å². The van der Waals surface area contributed by atoms with Gasteiger partial charge in [0.25, 0.3) is 5.91 Å². The number of aromatic amines is 1. The first-order chi connectivity index (χ1) is 14.1. The van der Waals surface area contributed by atoms with E-state index in [1.807, 2.05) is 15.9 Å². The number of hydrogen-bond donors (Lipinski definition) is 1. The molecule has 3 aliphatic rings. The van der Waals surface area contributed by atoms with Crippen molar-refractivity contribution in [3.05, 3.63) is 53.9 Å². The lowest BCUT2D eigenvalue weighted by atomic mass is 9.71. The molecule has 1 atom stereocenters. The smallest absolute Gasteiger partial charge is 0.271 e. The highest BCUT2D eigenvalue weighted by Gasteiger charge is 2.58. The van der Waals surface area contributed by atoms with Gasteiger partial charge in [-0.05, 0) is 24.5 Å². The second kappa shape index (κ2) is 7.30. The van der Waals surface area contributed by atoms with Gasteiger partial charge < -0.3 is 9.80 Å². The fraction of sp³-hybridized carbons (Fsp3) is 0.500. The predicted molar refractivity (Wildman–Crippen MR) is 108 cm³/mol. The minimum absolute atomic E-state index is 0.0259. The van der Waals surface area contributed by atoms with Crippen LogP contribution in [0.1, 0.15) is 28.9 Å². The summed E-state index contributed by atoms with van der Waals surface area (Å²) in [6.45, 7) is 5.51. The maximum atomic E-state index is 13.3. The topological polar surface area (TPSA) is 72.5 Å². The third kappa shape index (κ3) is 3.33. The molecule has 4 heterocycles. The highest BCUT2D eigenvalue weighted by Crippen LogP contribution is 2.45. The van der Waals surface area contributed by atoms with Crippen molar-refractivity contribution < 1.29 is 9.59 Å². The normalized spacial score (nSPS) is 23.5. The van der Waals surface area contributed by atoms with Gasteiger partial charge in [-0.1, -0.05) is 30.3 Å². The number of benzene rings is 1. The second-order valence-electron chi connectivity index (χ2n) is 8.73. The van der Waals surface area contributed by atoms with E-state index in [0.29, 0.717) is 18.8 Å². The summed E-state index contributed by atoms with van der Waals surface area (Å²) in [5.41, 5.74) is 1.65. The molecule has 0 bridgehead atoms. The van der Waals surface area contributed by atoms with Crippen LogP contribution in [0.4, 0.5) is 0 Å². The number of amides is 2. The van der Waals surface area contributed by atoms with Crippen LogP contribution in [0.5, 0.6) is 0 Å². The Balaban J connectivity index is 1.33. The molecule has 2 aromatic rings. The van der Waals surface area contributed by atoms with Crippen molar-refractivity contribution in [1.29, 1.82) is 0 Å². The Morgan fingerprint density at radius 1 is 1.03 bits per heavy atom. The van der Waals surface area contributed by atoms with Crippen molar-refractivity contribution in [2.75, 3.05) is 39.3 Å². The summed E-state index contributed by atoms with van der Waals surface area (Å²) in [7, 11) is 0. The number of aromatic nitrogens is 2. The molecule has 2 amide bonds. The van der Waals surface area contributed by atoms with Crippen LogP contribution in [-0.4, -0.2) is 76.0 Å². The fourth-order valence-corrected chi connectivity index (χ4v) is 5.26. The Morgan fingerprint density at radius 2 is 1.79 bits per heavy atom. The zero-order valence-corrected chi connectivity index (χ0v) is 16.6. The molecule has 1 N–H and O–H groups in total. The number of carbonyl (C=O) groups is 2. The van der Waals surface area contributed by atoms with E-state index in [0.717, 1.165) is 45.6 Å². The first-order valence-corrected chi connectivity index (χ1v) is 10.5. The number of carbonyl (C=O) groups excluding carboxylic acids is 2. The SMILES string of the molecule is O=C(c1ccn[nH]1)N1CC2(CN(Cc3ccccc3)CC2C(=O)N2CCCC2)C1. The highest BCUT2D eigenvalue weighted by atomic mass is 16.2. The molecule has 5 rings (SSSR count). The zero-order valence-electron chi connectivity index (χ0n) is 16.6. The number of hydrogen-bond acceptors (Lipinski definition) is 4. The van der Waals surface area contributed by atoms with Crippen LogP contribution in [0.2, 0.25) is 0 Å². The number of H-pyrrole nitrogens is 1. The van der Waals surface area contributed by atoms with Crippen molar-refractivity contribution in [2.24, 2.45) is 11.3 Å². The molecule has 1 unspecified atom stereocenters. The van der Waals surface area contributed by atoms with E-state index in [1.165, 1.54) is 5.56 Å². The van der Waals surface area contributed by atoms with E-state index in [2.05, 4.69) is 39.4 Å². The molecule has 152 valence electrons. The maximum absolute atomic E-state index is 13.3. The van der Waals surface area contributed by atoms with Crippen molar-refractivity contribution >= 4 is 11.8 Å². The summed E-state index contributed by atoms with van der Waals surface area (Å²) in [6, 6.07) is 12.1. The van der Waals surface area contributed by atoms with Crippen LogP contribution in [0.3, 0.4) is 0 Å². The van der Waals surface area contributed by atoms with Crippen molar-refractivity contribution in [1.82, 2.24) is 24.9 Å². The molecular formula is C22H27N5O2. The van der Waals surface area contributed by atoms with Crippen molar-refractivity contribution in [3.63, 3.8) is 0 Å². The van der Waals surface area contributed by atoms with E-state index in [4.69, 9.17) is 0 Å². The van der Waals surface area contributed by atoms with E-state index in [9.17, 15) is 9.59 Å². The Kier molecular flexibility index (Phi) is 4.62. The standard InChI is InChI=1S/C22H27N5O2/c28-20(26-10-4-5-11-26)18-13-25(12-17-6-2-1-3-7-17)14-22(18)15-27(16-22)21(29)19-8-9-23-24-19/h1-3,6-9,18H,4-5,10-16H2,(H,23,24). The predicted octanol–water partition coefficient (Wildman–Crippen LogP) is 1.61. The highest BCUT2D eigenvalue weighted by molar-refractivity contribution is 5.93. The van der Waals surface area contributed by atoms with E-state index < -0.39 is 0 Å². The number of nitrogens with zero attached hydrogens (tertiary/aromatic N) is 4. The number of nitrogens with one attached hydrogen (secondary N) is 1. The van der Waals surface area contributed by atoms with Crippen LogP contribution in [0, 0.1) is 11.3 Å². The first kappa shape index (κ1) is 18.4. The van der Waals surface area contributed by atoms with Gasteiger partial charge in [0.2, 0.25) is 5.91 Å². The van der Waals surface area contributed by atoms with Gasteiger partial charge >= 0.3 is 0 Å². The minimum Gasteiger partial charge on any atom is -0.342 e. The Morgan fingerprint density at radius 3 is 2.48 bits per heavy atom. The summed E-state index contributed by atoms with van der Waals surface area (Å²) in [4.78, 5) is 32.3. The molecule has 1 aromatic carbocycles. The molecule has 1 spiro atoms. The molecule has 3 saturated heterocycles. The quantitative estimate of drug-likeness (QED) is 0.857. The molecule has 0 radical (unpaired) electrons. The van der Waals surface area contributed by atoms with Crippen LogP contribution >= 0.6 is 0 Å². The molecule has 0 saturated carbocycles. The maximum Gasteiger partial charge on any atom is 0.271 e. The van der Waals surface area contributed by atoms with Gasteiger partial charge in [0.1, 0.15) is 5.69 Å². The third-order valence-corrected chi connectivity index (χ3v) is 6.71. The van der Waals surface area contributed by atoms with Gasteiger partial charge in [-0.2, -0.15) is 5.10 Å². The molecular weight excluding hydrogens is 366 g/mol. The molecule has 0 aliphatic carbocycles. The summed E-state index contributed by atoms with van der Waals surface area (Å²) in [5.74, 6) is 0.226. The monoisotopic (exact) mass is 393 g/mol. The molecule has 7 nitrogen and oxygen atoms in total. The fourth-order valence-electron chi connectivity index (χ4n) is 5.26. The van der Waals surface area contributed by atoms with Crippen molar-refractivity contribution in [3.8, 4) is 0 Å². The van der Waals surface area contributed by atoms with Crippen molar-refractivity contribution in [2.45, 2.75) is 19.4 Å². The molecule has 7 heteroatoms. The third-order valence-electron chi connectivity index (χ3n) is 6.71. The second-order valence-corrected chi connectivity index (χ2v) is 8.73. The lowest BCUT2D eigenvalue weighted by Gasteiger charge is -2.50. The average Bonchev–Trinajstić information content (AvgIpc) is 3.46. The minimum atomic E-state index is -0.135. The lowest BCUT2D eigenvalue weighted by Crippen LogP contribution is -2.64. The summed E-state index contributed by atoms with van der Waals surface area (Å²) < 4.78 is 0. The lowest BCUT2D eigenvalue weighted by molar-refractivity contribution is -0.141. The molecule has 3 fully saturated rings. The summed E-state index contributed by atoms with van der Waals surface area (Å²) in [6.07, 6.45) is 3.80. The van der Waals surface area contributed by atoms with Crippen LogP contribution in [0.25, 0.3) is 0 Å². The van der Waals surface area contributed by atoms with Gasteiger partial charge in [-0.15, -0.1) is 0 Å². The number of rotatable bonds is 4. The molecule has 3 aliphatic heterocycles. The van der Waals surface area contributed by atoms with Crippen LogP contribution in [-0.2, 0) is 11.3 Å². The van der Waals surface area contributed by atoms with Crippen LogP contribution < -0.4 is 0 Å². The Bertz CT molecular complexity index is 870. The summed E-state index contributed by atoms with van der Waals surface area (Å²) >= 11 is 0. The number of likely N-dealkylation sites (tertiary alicyclic amines) is 3. The summed E-state index contributed by atoms with van der Waals surface area (Å²) in [5, 5.41) is 6.64. The van der Waals surface area contributed by atoms with Gasteiger partial charge in [0.05, 0.1) is 5.92 Å². The molecule has 29 heavy (non-hydrogen) atoms. The zero-order chi connectivity index (χ0) is 19.8. The molecule has 1 aromatic heterocycles. The first-order valence-electron chi connectivity index (χ1n) is 10.5. The van der Waals surface area contributed by atoms with E-state index in [-0.39, 0.29) is 23.1 Å². The van der Waals surface area contributed by atoms with Crippen LogP contribution in [0.15, 0.2) is 42.6 Å². The Hall–Kier alpha value is -2.67. The van der Waals surface area contributed by atoms with E-state index in [1.54, 1.807) is 12.3 Å².